The number of halogens is 3. The largest absolute Gasteiger partial charge is 0.455 e. The minimum atomic E-state index is -4.49. The summed E-state index contributed by atoms with van der Waals surface area (Å²) in [6, 6.07) is 23.8. The van der Waals surface area contributed by atoms with E-state index in [2.05, 4.69) is 107 Å². The van der Waals surface area contributed by atoms with E-state index in [0.29, 0.717) is 18.8 Å². The smallest absolute Gasteiger partial charge is 0.449 e. The molecular weight excluding hydrogens is 483 g/mol. The minimum Gasteiger partial charge on any atom is -0.455 e. The van der Waals surface area contributed by atoms with Crippen molar-refractivity contribution in [2.75, 3.05) is 0 Å². The number of rotatable bonds is 7. The Kier molecular flexibility index (Phi) is 7.89. The third-order valence-electron chi connectivity index (χ3n) is 6.96. The molecule has 1 heterocycles. The summed E-state index contributed by atoms with van der Waals surface area (Å²) in [6.45, 7) is 14.3. The lowest BCUT2D eigenvalue weighted by atomic mass is 9.85. The molecule has 0 spiro atoms. The first kappa shape index (κ1) is 27.7. The molecule has 0 aliphatic carbocycles. The van der Waals surface area contributed by atoms with E-state index in [0.717, 1.165) is 17.2 Å². The molecule has 0 radical (unpaired) electrons. The first-order chi connectivity index (χ1) is 17.8. The van der Waals surface area contributed by atoms with E-state index in [4.69, 9.17) is 4.42 Å². The Labute approximate surface area is 224 Å². The molecule has 0 fully saturated rings. The quantitative estimate of drug-likeness (QED) is 0.242. The van der Waals surface area contributed by atoms with Gasteiger partial charge in [-0.2, -0.15) is 13.2 Å². The molecule has 0 aliphatic rings. The molecule has 2 nitrogen and oxygen atoms in total. The monoisotopic (exact) mass is 519 g/mol. The topological polar surface area (TPSA) is 16.4 Å². The van der Waals surface area contributed by atoms with E-state index in [1.54, 1.807) is 0 Å². The van der Waals surface area contributed by atoms with Crippen LogP contribution in [0.5, 0.6) is 0 Å². The van der Waals surface area contributed by atoms with Crippen molar-refractivity contribution in [2.45, 2.75) is 72.8 Å². The number of alkyl halides is 3. The molecule has 4 rings (SSSR count). The van der Waals surface area contributed by atoms with Crippen LogP contribution in [0.2, 0.25) is 0 Å². The molecule has 0 aliphatic heterocycles. The van der Waals surface area contributed by atoms with E-state index >= 15 is 0 Å². The zero-order valence-electron chi connectivity index (χ0n) is 23.0. The number of benzene rings is 3. The normalized spacial score (nSPS) is 12.4. The van der Waals surface area contributed by atoms with Crippen LogP contribution in [0.15, 0.2) is 77.2 Å². The number of furan rings is 1. The second-order valence-electron chi connectivity index (χ2n) is 11.3. The molecule has 3 aromatic carbocycles. The van der Waals surface area contributed by atoms with Crippen molar-refractivity contribution in [1.29, 1.82) is 0 Å². The number of hydrogen-bond acceptors (Lipinski definition) is 2. The van der Waals surface area contributed by atoms with Crippen LogP contribution < -0.4 is 0 Å². The van der Waals surface area contributed by atoms with Crippen molar-refractivity contribution in [3.8, 4) is 11.1 Å². The first-order valence-electron chi connectivity index (χ1n) is 12.9. The maximum Gasteiger partial charge on any atom is 0.449 e. The minimum absolute atomic E-state index is 0.0700. The summed E-state index contributed by atoms with van der Waals surface area (Å²) in [5, 5.41) is 0. The highest BCUT2D eigenvalue weighted by atomic mass is 19.4. The van der Waals surface area contributed by atoms with Gasteiger partial charge in [-0.1, -0.05) is 87.0 Å². The van der Waals surface area contributed by atoms with Crippen molar-refractivity contribution < 1.29 is 17.6 Å². The van der Waals surface area contributed by atoms with E-state index < -0.39 is 11.9 Å². The van der Waals surface area contributed by atoms with Crippen LogP contribution in [0.1, 0.15) is 65.7 Å². The van der Waals surface area contributed by atoms with Gasteiger partial charge in [0, 0.05) is 13.1 Å². The molecule has 38 heavy (non-hydrogen) atoms. The molecule has 0 N–H and O–H groups in total. The van der Waals surface area contributed by atoms with Crippen LogP contribution in [0.25, 0.3) is 11.1 Å². The summed E-state index contributed by atoms with van der Waals surface area (Å²) >= 11 is 0. The van der Waals surface area contributed by atoms with E-state index in [-0.39, 0.29) is 12.0 Å². The number of nitrogens with zero attached hydrogens (tertiary/aromatic N) is 1. The third kappa shape index (κ3) is 6.76. The summed E-state index contributed by atoms with van der Waals surface area (Å²) < 4.78 is 44.6. The molecule has 200 valence electrons. The second-order valence-corrected chi connectivity index (χ2v) is 11.3. The lowest BCUT2D eigenvalue weighted by molar-refractivity contribution is -0.153. The van der Waals surface area contributed by atoms with Crippen molar-refractivity contribution in [1.82, 2.24) is 4.90 Å². The second kappa shape index (κ2) is 10.8. The highest BCUT2D eigenvalue weighted by molar-refractivity contribution is 5.64. The van der Waals surface area contributed by atoms with Crippen molar-refractivity contribution >= 4 is 0 Å². The van der Waals surface area contributed by atoms with Gasteiger partial charge < -0.3 is 4.42 Å². The Morgan fingerprint density at radius 2 is 1.37 bits per heavy atom. The maximum absolute atomic E-state index is 13.1. The van der Waals surface area contributed by atoms with Gasteiger partial charge in [-0.15, -0.1) is 0 Å². The van der Waals surface area contributed by atoms with Crippen molar-refractivity contribution in [3.05, 3.63) is 118 Å². The third-order valence-corrected chi connectivity index (χ3v) is 6.96. The zero-order chi connectivity index (χ0) is 27.7. The average molecular weight is 520 g/mol. The fourth-order valence-electron chi connectivity index (χ4n) is 4.91. The molecule has 1 aromatic heterocycles. The summed E-state index contributed by atoms with van der Waals surface area (Å²) in [4.78, 5) is 2.14. The van der Waals surface area contributed by atoms with Gasteiger partial charge in [-0.05, 0) is 77.3 Å². The average Bonchev–Trinajstić information content (AvgIpc) is 3.30. The fraction of sp³-hybridized carbons (Fsp3) is 0.333. The molecule has 0 amide bonds. The maximum atomic E-state index is 13.1. The molecule has 5 heteroatoms. The first-order valence-corrected chi connectivity index (χ1v) is 12.9. The van der Waals surface area contributed by atoms with Crippen LogP contribution >= 0.6 is 0 Å². The van der Waals surface area contributed by atoms with Crippen LogP contribution in [0.4, 0.5) is 13.2 Å². The molecule has 0 saturated heterocycles. The Hall–Kier alpha value is -3.31. The lowest BCUT2D eigenvalue weighted by Gasteiger charge is -2.24. The van der Waals surface area contributed by atoms with Gasteiger partial charge >= 0.3 is 6.18 Å². The summed E-state index contributed by atoms with van der Waals surface area (Å²) in [6.07, 6.45) is -4.49. The van der Waals surface area contributed by atoms with Crippen LogP contribution in [0, 0.1) is 20.8 Å². The predicted octanol–water partition coefficient (Wildman–Crippen LogP) is 9.39. The van der Waals surface area contributed by atoms with Gasteiger partial charge in [-0.25, -0.2) is 0 Å². The molecule has 0 atom stereocenters. The summed E-state index contributed by atoms with van der Waals surface area (Å²) in [5.41, 5.74) is 9.49. The van der Waals surface area contributed by atoms with Gasteiger partial charge in [0.15, 0.2) is 0 Å². The van der Waals surface area contributed by atoms with Crippen LogP contribution in [0.3, 0.4) is 0 Å². The zero-order valence-corrected chi connectivity index (χ0v) is 23.0. The van der Waals surface area contributed by atoms with Gasteiger partial charge in [0.25, 0.3) is 0 Å². The van der Waals surface area contributed by atoms with Gasteiger partial charge in [0.1, 0.15) is 5.76 Å². The van der Waals surface area contributed by atoms with E-state index in [9.17, 15) is 13.2 Å². The van der Waals surface area contributed by atoms with Gasteiger partial charge in [0.2, 0.25) is 5.76 Å². The highest BCUT2D eigenvalue weighted by Crippen LogP contribution is 2.32. The Balaban J connectivity index is 1.59. The van der Waals surface area contributed by atoms with E-state index in [1.165, 1.54) is 39.4 Å². The highest BCUT2D eigenvalue weighted by Gasteiger charge is 2.34. The summed E-state index contributed by atoms with van der Waals surface area (Å²) in [7, 11) is 0. The number of aryl methyl sites for hydroxylation is 3. The molecule has 4 aromatic rings. The Morgan fingerprint density at radius 3 is 1.95 bits per heavy atom. The lowest BCUT2D eigenvalue weighted by Crippen LogP contribution is -2.23. The SMILES string of the molecule is Cc1cc(C)c(CN(Cc2ccc(-c3cccc(C(C)(C)C)c3)cc2)Cc2ccc(C(F)(F)F)o2)c(C)c1. The van der Waals surface area contributed by atoms with Crippen LogP contribution in [-0.2, 0) is 31.2 Å². The van der Waals surface area contributed by atoms with Crippen molar-refractivity contribution in [2.24, 2.45) is 0 Å². The predicted molar refractivity (Wildman–Crippen MR) is 148 cm³/mol. The Bertz CT molecular complexity index is 1370. The molecule has 0 unspecified atom stereocenters. The van der Waals surface area contributed by atoms with Crippen LogP contribution in [-0.4, -0.2) is 4.90 Å². The number of hydrogen-bond donors (Lipinski definition) is 0. The standard InChI is InChI=1S/C33H36F3NO/c1-22-16-23(2)30(24(3)17-22)21-37(20-29-14-15-31(38-29)33(34,35)36)19-25-10-12-26(13-11-25)27-8-7-9-28(18-27)32(4,5)6/h7-18H,19-21H2,1-6H3. The fourth-order valence-corrected chi connectivity index (χ4v) is 4.91. The molecule has 0 saturated carbocycles. The summed E-state index contributed by atoms with van der Waals surface area (Å²) in [5.74, 6) is -0.660. The van der Waals surface area contributed by atoms with Gasteiger partial charge in [-0.3, -0.25) is 4.90 Å². The Morgan fingerprint density at radius 1 is 0.711 bits per heavy atom. The van der Waals surface area contributed by atoms with E-state index in [1.807, 2.05) is 0 Å². The van der Waals surface area contributed by atoms with Gasteiger partial charge in [0.05, 0.1) is 6.54 Å². The molecule has 0 bridgehead atoms. The van der Waals surface area contributed by atoms with Crippen molar-refractivity contribution in [3.63, 3.8) is 0 Å². The molecular formula is C33H36F3NO.